The Bertz CT molecular complexity index is 1250. The van der Waals surface area contributed by atoms with Crippen molar-refractivity contribution in [2.24, 2.45) is 5.92 Å². The number of aryl methyl sites for hydroxylation is 1. The number of imide groups is 1. The first-order valence-corrected chi connectivity index (χ1v) is 11.6. The van der Waals surface area contributed by atoms with Gasteiger partial charge in [0, 0.05) is 6.54 Å². The second-order valence-corrected chi connectivity index (χ2v) is 8.69. The number of halogens is 1. The number of rotatable bonds is 10. The van der Waals surface area contributed by atoms with Crippen LogP contribution in [0.15, 0.2) is 66.7 Å². The average Bonchev–Trinajstić information content (AvgIpc) is 3.12. The summed E-state index contributed by atoms with van der Waals surface area (Å²) in [6, 6.07) is 18.5. The van der Waals surface area contributed by atoms with Crippen molar-refractivity contribution in [1.82, 2.24) is 4.90 Å². The SMILES string of the molecule is COc1ccc(-c2ccc(CCC(O)C(CCN3C(=O)c4ccccc4C3=O)C(=O)O)cc2)cc1F. The number of aliphatic hydroxyl groups is 1. The number of amides is 2. The second kappa shape index (κ2) is 10.7. The zero-order chi connectivity index (χ0) is 25.8. The molecule has 1 heterocycles. The molecule has 0 aliphatic carbocycles. The number of hydrogen-bond acceptors (Lipinski definition) is 5. The maximum atomic E-state index is 14.0. The maximum absolute atomic E-state index is 14.0. The average molecular weight is 492 g/mol. The van der Waals surface area contributed by atoms with Crippen LogP contribution in [-0.4, -0.2) is 52.7 Å². The Balaban J connectivity index is 1.35. The van der Waals surface area contributed by atoms with Crippen molar-refractivity contribution in [3.63, 3.8) is 0 Å². The number of ether oxygens (including phenoxy) is 1. The molecule has 186 valence electrons. The van der Waals surface area contributed by atoms with E-state index in [0.717, 1.165) is 16.0 Å². The zero-order valence-corrected chi connectivity index (χ0v) is 19.7. The van der Waals surface area contributed by atoms with Crippen LogP contribution >= 0.6 is 0 Å². The molecule has 0 saturated carbocycles. The van der Waals surface area contributed by atoms with Crippen LogP contribution in [0.3, 0.4) is 0 Å². The van der Waals surface area contributed by atoms with Crippen LogP contribution in [0.5, 0.6) is 5.75 Å². The summed E-state index contributed by atoms with van der Waals surface area (Å²) in [7, 11) is 1.40. The molecule has 2 N–H and O–H groups in total. The molecule has 7 nitrogen and oxygen atoms in total. The lowest BCUT2D eigenvalue weighted by Crippen LogP contribution is -2.36. The van der Waals surface area contributed by atoms with E-state index in [9.17, 15) is 29.0 Å². The summed E-state index contributed by atoms with van der Waals surface area (Å²) in [4.78, 5) is 37.9. The zero-order valence-electron chi connectivity index (χ0n) is 19.7. The molecule has 0 radical (unpaired) electrons. The Kier molecular flexibility index (Phi) is 7.45. The molecular formula is C28H26FNO6. The number of methoxy groups -OCH3 is 1. The van der Waals surface area contributed by atoms with Gasteiger partial charge in [-0.2, -0.15) is 0 Å². The van der Waals surface area contributed by atoms with Crippen molar-refractivity contribution in [3.8, 4) is 16.9 Å². The fourth-order valence-corrected chi connectivity index (χ4v) is 4.42. The van der Waals surface area contributed by atoms with Gasteiger partial charge in [0.2, 0.25) is 0 Å². The number of fused-ring (bicyclic) bond motifs is 1. The first-order chi connectivity index (χ1) is 17.3. The summed E-state index contributed by atoms with van der Waals surface area (Å²) < 4.78 is 18.9. The van der Waals surface area contributed by atoms with Gasteiger partial charge in [-0.25, -0.2) is 4.39 Å². The third kappa shape index (κ3) is 5.13. The molecule has 2 amide bonds. The molecule has 4 rings (SSSR count). The fraction of sp³-hybridized carbons (Fsp3) is 0.250. The van der Waals surface area contributed by atoms with Gasteiger partial charge >= 0.3 is 5.97 Å². The van der Waals surface area contributed by atoms with Crippen molar-refractivity contribution in [2.75, 3.05) is 13.7 Å². The van der Waals surface area contributed by atoms with Crippen LogP contribution in [0.2, 0.25) is 0 Å². The highest BCUT2D eigenvalue weighted by Crippen LogP contribution is 2.27. The van der Waals surface area contributed by atoms with E-state index in [1.165, 1.54) is 13.2 Å². The molecule has 2 atom stereocenters. The third-order valence-corrected chi connectivity index (χ3v) is 6.49. The van der Waals surface area contributed by atoms with Gasteiger partial charge in [-0.1, -0.05) is 42.5 Å². The second-order valence-electron chi connectivity index (χ2n) is 8.69. The number of aliphatic hydroxyl groups excluding tert-OH is 1. The Morgan fingerprint density at radius 1 is 0.944 bits per heavy atom. The molecular weight excluding hydrogens is 465 g/mol. The van der Waals surface area contributed by atoms with Gasteiger partial charge < -0.3 is 14.9 Å². The Labute approximate surface area is 207 Å². The monoisotopic (exact) mass is 491 g/mol. The third-order valence-electron chi connectivity index (χ3n) is 6.49. The van der Waals surface area contributed by atoms with Crippen LogP contribution < -0.4 is 4.74 Å². The number of nitrogens with zero attached hydrogens (tertiary/aromatic N) is 1. The normalized spacial score (nSPS) is 14.5. The molecule has 1 aliphatic heterocycles. The van der Waals surface area contributed by atoms with E-state index in [1.807, 2.05) is 24.3 Å². The van der Waals surface area contributed by atoms with Crippen LogP contribution in [0.25, 0.3) is 11.1 Å². The van der Waals surface area contributed by atoms with Crippen LogP contribution in [0, 0.1) is 11.7 Å². The summed E-state index contributed by atoms with van der Waals surface area (Å²) in [6.45, 7) is -0.0898. The minimum absolute atomic E-state index is 0.0516. The highest BCUT2D eigenvalue weighted by Gasteiger charge is 2.36. The smallest absolute Gasteiger partial charge is 0.309 e. The summed E-state index contributed by atoms with van der Waals surface area (Å²) in [5.41, 5.74) is 2.99. The lowest BCUT2D eigenvalue weighted by atomic mass is 9.93. The van der Waals surface area contributed by atoms with Gasteiger partial charge in [-0.15, -0.1) is 0 Å². The number of carbonyl (C=O) groups excluding carboxylic acids is 2. The molecule has 0 fully saturated rings. The molecule has 1 aliphatic rings. The van der Waals surface area contributed by atoms with Crippen molar-refractivity contribution in [1.29, 1.82) is 0 Å². The highest BCUT2D eigenvalue weighted by atomic mass is 19.1. The molecule has 36 heavy (non-hydrogen) atoms. The summed E-state index contributed by atoms with van der Waals surface area (Å²) in [5, 5.41) is 20.3. The molecule has 0 aromatic heterocycles. The predicted octanol–water partition coefficient (Wildman–Crippen LogP) is 4.18. The van der Waals surface area contributed by atoms with E-state index in [2.05, 4.69) is 0 Å². The molecule has 8 heteroatoms. The molecule has 3 aromatic rings. The molecule has 0 bridgehead atoms. The molecule has 0 saturated heterocycles. The maximum Gasteiger partial charge on any atom is 0.309 e. The predicted molar refractivity (Wildman–Crippen MR) is 130 cm³/mol. The Morgan fingerprint density at radius 3 is 2.11 bits per heavy atom. The van der Waals surface area contributed by atoms with Crippen molar-refractivity contribution < 1.29 is 33.7 Å². The van der Waals surface area contributed by atoms with Crippen molar-refractivity contribution >= 4 is 17.8 Å². The number of carbonyl (C=O) groups is 3. The van der Waals surface area contributed by atoms with Crippen LogP contribution in [-0.2, 0) is 11.2 Å². The van der Waals surface area contributed by atoms with Gasteiger partial charge in [0.05, 0.1) is 30.3 Å². The highest BCUT2D eigenvalue weighted by molar-refractivity contribution is 6.21. The van der Waals surface area contributed by atoms with Gasteiger partial charge in [-0.05, 0) is 60.2 Å². The fourth-order valence-electron chi connectivity index (χ4n) is 4.42. The van der Waals surface area contributed by atoms with E-state index >= 15 is 0 Å². The number of aliphatic carboxylic acids is 1. The van der Waals surface area contributed by atoms with Crippen molar-refractivity contribution in [2.45, 2.75) is 25.4 Å². The number of hydrogen-bond donors (Lipinski definition) is 2. The van der Waals surface area contributed by atoms with Crippen molar-refractivity contribution in [3.05, 3.63) is 89.2 Å². The van der Waals surface area contributed by atoms with Gasteiger partial charge in [0.15, 0.2) is 11.6 Å². The van der Waals surface area contributed by atoms with Gasteiger partial charge in [-0.3, -0.25) is 19.3 Å². The number of carboxylic acid groups (broad SMARTS) is 1. The van der Waals surface area contributed by atoms with Crippen LogP contribution in [0.4, 0.5) is 4.39 Å². The van der Waals surface area contributed by atoms with E-state index < -0.39 is 35.6 Å². The quantitative estimate of drug-likeness (QED) is 0.413. The molecule has 0 spiro atoms. The minimum Gasteiger partial charge on any atom is -0.494 e. The van der Waals surface area contributed by atoms with E-state index in [0.29, 0.717) is 23.1 Å². The molecule has 2 unspecified atom stereocenters. The Morgan fingerprint density at radius 2 is 1.56 bits per heavy atom. The van der Waals surface area contributed by atoms with E-state index in [1.54, 1.807) is 36.4 Å². The first-order valence-electron chi connectivity index (χ1n) is 11.6. The topological polar surface area (TPSA) is 104 Å². The molecule has 3 aromatic carbocycles. The summed E-state index contributed by atoms with van der Waals surface area (Å²) in [6.07, 6.45) is -0.595. The lowest BCUT2D eigenvalue weighted by molar-refractivity contribution is -0.146. The minimum atomic E-state index is -1.18. The number of benzene rings is 3. The van der Waals surface area contributed by atoms with Crippen LogP contribution in [0.1, 0.15) is 39.1 Å². The van der Waals surface area contributed by atoms with Gasteiger partial charge in [0.25, 0.3) is 11.8 Å². The lowest BCUT2D eigenvalue weighted by Gasteiger charge is -2.22. The largest absolute Gasteiger partial charge is 0.494 e. The Hall–Kier alpha value is -4.04. The number of carboxylic acids is 1. The standard InChI is InChI=1S/C28H26FNO6/c1-36-25-13-11-19(16-23(25)29)18-9-6-17(7-10-18)8-12-24(31)22(28(34)35)14-15-30-26(32)20-4-2-3-5-21(20)27(30)33/h2-7,9-11,13,16,22,24,31H,8,12,14-15H2,1H3,(H,34,35). The summed E-state index contributed by atoms with van der Waals surface area (Å²) in [5.74, 6) is -3.51. The van der Waals surface area contributed by atoms with E-state index in [-0.39, 0.29) is 25.1 Å². The first kappa shape index (κ1) is 25.1. The van der Waals surface area contributed by atoms with E-state index in [4.69, 9.17) is 4.74 Å². The van der Waals surface area contributed by atoms with Gasteiger partial charge in [0.1, 0.15) is 0 Å². The summed E-state index contributed by atoms with van der Waals surface area (Å²) >= 11 is 0.